The van der Waals surface area contributed by atoms with Crippen LogP contribution in [-0.2, 0) is 11.3 Å². The van der Waals surface area contributed by atoms with E-state index in [0.29, 0.717) is 25.7 Å². The van der Waals surface area contributed by atoms with E-state index in [2.05, 4.69) is 15.0 Å². The van der Waals surface area contributed by atoms with Crippen LogP contribution in [0.2, 0.25) is 0 Å². The van der Waals surface area contributed by atoms with E-state index in [9.17, 15) is 13.6 Å². The van der Waals surface area contributed by atoms with Gasteiger partial charge in [-0.15, -0.1) is 11.3 Å². The van der Waals surface area contributed by atoms with Gasteiger partial charge in [-0.2, -0.15) is 8.78 Å². The third-order valence-corrected chi connectivity index (χ3v) is 5.72. The fraction of sp³-hybridized carbons (Fsp3) is 0.476. The predicted octanol–water partition coefficient (Wildman–Crippen LogP) is 4.59. The molecular weight excluding hydrogens is 398 g/mol. The molecule has 1 fully saturated rings. The van der Waals surface area contributed by atoms with Gasteiger partial charge in [-0.3, -0.25) is 9.69 Å². The second kappa shape index (κ2) is 10.0. The molecule has 1 aliphatic carbocycles. The summed E-state index contributed by atoms with van der Waals surface area (Å²) >= 11 is 1.62. The van der Waals surface area contributed by atoms with Crippen LogP contribution in [-0.4, -0.2) is 36.6 Å². The van der Waals surface area contributed by atoms with Crippen LogP contribution in [0.15, 0.2) is 35.7 Å². The zero-order valence-corrected chi connectivity index (χ0v) is 17.4. The number of ether oxygens (including phenoxy) is 2. The summed E-state index contributed by atoms with van der Waals surface area (Å²) < 4.78 is 35.2. The van der Waals surface area contributed by atoms with E-state index in [1.165, 1.54) is 6.07 Å². The maximum Gasteiger partial charge on any atom is 0.387 e. The Kier molecular flexibility index (Phi) is 7.44. The molecule has 0 bridgehead atoms. The number of amides is 1. The summed E-state index contributed by atoms with van der Waals surface area (Å²) in [6, 6.07) is 9.26. The first-order valence-electron chi connectivity index (χ1n) is 9.73. The topological polar surface area (TPSA) is 50.8 Å². The largest absolute Gasteiger partial charge is 0.490 e. The van der Waals surface area contributed by atoms with Gasteiger partial charge >= 0.3 is 6.61 Å². The van der Waals surface area contributed by atoms with Crippen LogP contribution in [0.5, 0.6) is 11.5 Å². The molecule has 0 aliphatic heterocycles. The van der Waals surface area contributed by atoms with Crippen LogP contribution in [0.3, 0.4) is 0 Å². The number of thiophene rings is 1. The van der Waals surface area contributed by atoms with Crippen molar-refractivity contribution in [3.8, 4) is 11.5 Å². The Balaban J connectivity index is 1.64. The Bertz CT molecular complexity index is 797. The van der Waals surface area contributed by atoms with Gasteiger partial charge in [0.15, 0.2) is 11.5 Å². The molecule has 1 aromatic carbocycles. The quantitative estimate of drug-likeness (QED) is 0.573. The number of carbonyl (C=O) groups is 1. The Labute approximate surface area is 173 Å². The van der Waals surface area contributed by atoms with Gasteiger partial charge in [-0.1, -0.05) is 12.1 Å². The highest BCUT2D eigenvalue weighted by atomic mass is 32.1. The van der Waals surface area contributed by atoms with Crippen molar-refractivity contribution in [2.45, 2.75) is 51.9 Å². The number of hydrogen-bond donors (Lipinski definition) is 1. The monoisotopic (exact) mass is 424 g/mol. The van der Waals surface area contributed by atoms with Crippen molar-refractivity contribution in [2.75, 3.05) is 13.2 Å². The molecule has 1 N–H and O–H groups in total. The van der Waals surface area contributed by atoms with Crippen LogP contribution >= 0.6 is 11.3 Å². The molecule has 1 atom stereocenters. The fourth-order valence-corrected chi connectivity index (χ4v) is 3.92. The third kappa shape index (κ3) is 6.40. The molecule has 8 heteroatoms. The average molecular weight is 425 g/mol. The Morgan fingerprint density at radius 3 is 2.72 bits per heavy atom. The number of nitrogens with zero attached hydrogens (tertiary/aromatic N) is 1. The van der Waals surface area contributed by atoms with E-state index >= 15 is 0 Å². The van der Waals surface area contributed by atoms with Gasteiger partial charge in [0.05, 0.1) is 19.2 Å². The second-order valence-electron chi connectivity index (χ2n) is 7.03. The van der Waals surface area contributed by atoms with Crippen LogP contribution in [0, 0.1) is 0 Å². The maximum atomic E-state index is 12.6. The van der Waals surface area contributed by atoms with Gasteiger partial charge in [-0.05, 0) is 55.8 Å². The van der Waals surface area contributed by atoms with Crippen LogP contribution in [0.4, 0.5) is 8.78 Å². The van der Waals surface area contributed by atoms with Gasteiger partial charge in [0.1, 0.15) is 0 Å². The number of nitrogens with one attached hydrogen (secondary N) is 1. The van der Waals surface area contributed by atoms with Crippen molar-refractivity contribution in [1.29, 1.82) is 0 Å². The zero-order chi connectivity index (χ0) is 20.8. The van der Waals surface area contributed by atoms with Crippen molar-refractivity contribution in [3.63, 3.8) is 0 Å². The number of rotatable bonds is 11. The normalized spacial score (nSPS) is 14.8. The molecule has 1 aromatic heterocycles. The molecular formula is C21H26F2N2O3S. The van der Waals surface area contributed by atoms with Crippen molar-refractivity contribution >= 4 is 17.2 Å². The summed E-state index contributed by atoms with van der Waals surface area (Å²) in [6.07, 6.45) is 2.11. The lowest BCUT2D eigenvalue weighted by Crippen LogP contribution is -2.39. The maximum absolute atomic E-state index is 12.6. The molecule has 0 radical (unpaired) electrons. The summed E-state index contributed by atoms with van der Waals surface area (Å²) in [5, 5.41) is 5.04. The summed E-state index contributed by atoms with van der Waals surface area (Å²) in [4.78, 5) is 15.8. The number of carbonyl (C=O) groups excluding carboxylic acids is 1. The minimum absolute atomic E-state index is 0.0195. The molecule has 29 heavy (non-hydrogen) atoms. The van der Waals surface area contributed by atoms with E-state index in [4.69, 9.17) is 4.74 Å². The van der Waals surface area contributed by atoms with Crippen molar-refractivity contribution in [2.24, 2.45) is 0 Å². The minimum Gasteiger partial charge on any atom is -0.490 e. The van der Waals surface area contributed by atoms with Crippen molar-refractivity contribution < 1.29 is 23.0 Å². The number of hydrogen-bond acceptors (Lipinski definition) is 5. The molecule has 0 spiro atoms. The lowest BCUT2D eigenvalue weighted by atomic mass is 10.1. The van der Waals surface area contributed by atoms with Gasteiger partial charge in [0.2, 0.25) is 5.91 Å². The highest BCUT2D eigenvalue weighted by Crippen LogP contribution is 2.33. The zero-order valence-electron chi connectivity index (χ0n) is 16.6. The molecule has 2 aromatic rings. The first kappa shape index (κ1) is 21.5. The molecule has 158 valence electrons. The van der Waals surface area contributed by atoms with E-state index in [-0.39, 0.29) is 23.4 Å². The standard InChI is InChI=1S/C21H26F2N2O3S/c1-3-27-18-11-15(6-9-17(18)28-21(22)23)12-25(16-7-8-16)13-20(26)24-14(2)19-5-4-10-29-19/h4-6,9-11,14,16,21H,3,7-8,12-13H2,1-2H3,(H,24,26). The molecule has 5 nitrogen and oxygen atoms in total. The molecule has 1 aliphatic rings. The third-order valence-electron chi connectivity index (χ3n) is 4.67. The average Bonchev–Trinajstić information content (AvgIpc) is 3.36. The smallest absolute Gasteiger partial charge is 0.387 e. The SMILES string of the molecule is CCOc1cc(CN(CC(=O)NC(C)c2cccs2)C2CC2)ccc1OC(F)F. The molecule has 1 unspecified atom stereocenters. The van der Waals surface area contributed by atoms with Crippen molar-refractivity contribution in [1.82, 2.24) is 10.2 Å². The highest BCUT2D eigenvalue weighted by Gasteiger charge is 2.30. The van der Waals surface area contributed by atoms with Gasteiger partial charge < -0.3 is 14.8 Å². The number of benzene rings is 1. The van der Waals surface area contributed by atoms with E-state index in [0.717, 1.165) is 23.3 Å². The van der Waals surface area contributed by atoms with Gasteiger partial charge in [0, 0.05) is 17.5 Å². The Morgan fingerprint density at radius 1 is 1.31 bits per heavy atom. The van der Waals surface area contributed by atoms with E-state index < -0.39 is 6.61 Å². The van der Waals surface area contributed by atoms with E-state index in [1.807, 2.05) is 24.4 Å². The number of halogens is 2. The fourth-order valence-electron chi connectivity index (χ4n) is 3.18. The summed E-state index contributed by atoms with van der Waals surface area (Å²) in [7, 11) is 0. The lowest BCUT2D eigenvalue weighted by Gasteiger charge is -2.23. The summed E-state index contributed by atoms with van der Waals surface area (Å²) in [5.74, 6) is 0.281. The first-order valence-corrected chi connectivity index (χ1v) is 10.6. The summed E-state index contributed by atoms with van der Waals surface area (Å²) in [5.41, 5.74) is 0.890. The molecule has 3 rings (SSSR count). The van der Waals surface area contributed by atoms with E-state index in [1.54, 1.807) is 30.4 Å². The summed E-state index contributed by atoms with van der Waals surface area (Å²) in [6.45, 7) is 2.03. The predicted molar refractivity (Wildman–Crippen MR) is 109 cm³/mol. The minimum atomic E-state index is -2.91. The molecule has 1 saturated carbocycles. The Hall–Kier alpha value is -2.19. The number of alkyl halides is 2. The molecule has 1 heterocycles. The van der Waals surface area contributed by atoms with Crippen LogP contribution < -0.4 is 14.8 Å². The second-order valence-corrected chi connectivity index (χ2v) is 8.01. The lowest BCUT2D eigenvalue weighted by molar-refractivity contribution is -0.123. The van der Waals surface area contributed by atoms with Gasteiger partial charge in [0.25, 0.3) is 0 Å². The van der Waals surface area contributed by atoms with Gasteiger partial charge in [-0.25, -0.2) is 0 Å². The Morgan fingerprint density at radius 2 is 2.10 bits per heavy atom. The molecule has 1 amide bonds. The highest BCUT2D eigenvalue weighted by molar-refractivity contribution is 7.10. The molecule has 0 saturated heterocycles. The van der Waals surface area contributed by atoms with Crippen LogP contribution in [0.1, 0.15) is 43.2 Å². The van der Waals surface area contributed by atoms with Crippen LogP contribution in [0.25, 0.3) is 0 Å². The van der Waals surface area contributed by atoms with Crippen molar-refractivity contribution in [3.05, 3.63) is 46.2 Å². The first-order chi connectivity index (χ1) is 14.0.